The number of nitrogens with zero attached hydrogens (tertiary/aromatic N) is 2. The largest absolute Gasteiger partial charge is 0.496 e. The lowest BCUT2D eigenvalue weighted by Gasteiger charge is -2.44. The summed E-state index contributed by atoms with van der Waals surface area (Å²) in [5.74, 6) is -3.85. The molecule has 1 spiro atoms. The zero-order valence-corrected chi connectivity index (χ0v) is 19.8. The smallest absolute Gasteiger partial charge is 0.271 e. The van der Waals surface area contributed by atoms with Gasteiger partial charge < -0.3 is 25.3 Å². The van der Waals surface area contributed by atoms with Gasteiger partial charge in [-0.3, -0.25) is 14.4 Å². The lowest BCUT2D eigenvalue weighted by Crippen LogP contribution is -2.49. The van der Waals surface area contributed by atoms with Gasteiger partial charge >= 0.3 is 0 Å². The molecule has 190 valence electrons. The van der Waals surface area contributed by atoms with Gasteiger partial charge in [-0.25, -0.2) is 8.78 Å². The molecule has 3 atom stereocenters. The first-order chi connectivity index (χ1) is 17.1. The second kappa shape index (κ2) is 8.76. The number of amides is 3. The van der Waals surface area contributed by atoms with E-state index in [1.165, 1.54) is 12.0 Å². The standard InChI is InChI=1S/C25H27F2N5O4/c1-36-20-4-2-3-17-16(20)8-18(31-17)23(35)32-13-24(11-25(26,27)12-24)9-19(32)22(34)30-15(10-28)7-14-5-6-29-21(14)33/h2-4,8,14-15,19,31H,5-7,9,11-13H2,1H3,(H,29,33)(H,30,34)/t14-,15-,19?/m0/s1. The summed E-state index contributed by atoms with van der Waals surface area (Å²) in [4.78, 5) is 43.2. The summed E-state index contributed by atoms with van der Waals surface area (Å²) in [6.07, 6.45) is 0.0323. The van der Waals surface area contributed by atoms with E-state index in [1.54, 1.807) is 24.3 Å². The number of carbonyl (C=O) groups excluding carboxylic acids is 3. The maximum Gasteiger partial charge on any atom is 0.271 e. The predicted molar refractivity (Wildman–Crippen MR) is 124 cm³/mol. The lowest BCUT2D eigenvalue weighted by molar-refractivity contribution is -0.155. The minimum atomic E-state index is -2.82. The molecule has 1 unspecified atom stereocenters. The number of benzene rings is 1. The van der Waals surface area contributed by atoms with E-state index in [0.717, 1.165) is 0 Å². The number of H-pyrrole nitrogens is 1. The second-order valence-electron chi connectivity index (χ2n) is 10.2. The first kappa shape index (κ1) is 24.0. The number of aromatic nitrogens is 1. The van der Waals surface area contributed by atoms with Gasteiger partial charge in [0.15, 0.2) is 0 Å². The molecule has 11 heteroatoms. The average Bonchev–Trinajstić information content (AvgIpc) is 3.54. The zero-order chi connectivity index (χ0) is 25.7. The van der Waals surface area contributed by atoms with Gasteiger partial charge in [-0.1, -0.05) is 6.07 Å². The SMILES string of the molecule is COc1cccc2[nH]c(C(=O)N3CC4(CC3C(=O)N[C@H](C#N)C[C@@H]3CCNC3=O)CC(F)(F)C4)cc12. The van der Waals surface area contributed by atoms with Crippen molar-refractivity contribution in [2.45, 2.75) is 50.1 Å². The van der Waals surface area contributed by atoms with E-state index in [-0.39, 0.29) is 36.9 Å². The summed E-state index contributed by atoms with van der Waals surface area (Å²) < 4.78 is 33.1. The van der Waals surface area contributed by atoms with Gasteiger partial charge in [0.1, 0.15) is 23.5 Å². The molecule has 1 aromatic heterocycles. The fourth-order valence-electron chi connectivity index (χ4n) is 5.95. The van der Waals surface area contributed by atoms with Gasteiger partial charge in [0.05, 0.1) is 13.2 Å². The third-order valence-electron chi connectivity index (χ3n) is 7.57. The molecule has 36 heavy (non-hydrogen) atoms. The normalized spacial score (nSPS) is 24.7. The molecule has 2 aromatic rings. The Hall–Kier alpha value is -3.68. The Balaban J connectivity index is 1.38. The van der Waals surface area contributed by atoms with Crippen molar-refractivity contribution in [2.75, 3.05) is 20.2 Å². The number of nitrogens with one attached hydrogen (secondary N) is 3. The van der Waals surface area contributed by atoms with Crippen LogP contribution in [0, 0.1) is 22.7 Å². The average molecular weight is 500 g/mol. The molecule has 3 aliphatic rings. The van der Waals surface area contributed by atoms with Crippen LogP contribution < -0.4 is 15.4 Å². The third-order valence-corrected chi connectivity index (χ3v) is 7.57. The molecular formula is C25H27F2N5O4. The van der Waals surface area contributed by atoms with E-state index in [0.29, 0.717) is 29.6 Å². The molecule has 1 saturated carbocycles. The number of alkyl halides is 2. The van der Waals surface area contributed by atoms with Crippen molar-refractivity contribution in [3.63, 3.8) is 0 Å². The van der Waals surface area contributed by atoms with Gasteiger partial charge in [-0.05, 0) is 37.5 Å². The van der Waals surface area contributed by atoms with E-state index in [1.807, 2.05) is 6.07 Å². The van der Waals surface area contributed by atoms with Crippen LogP contribution in [0.2, 0.25) is 0 Å². The second-order valence-corrected chi connectivity index (χ2v) is 10.2. The Morgan fingerprint density at radius 2 is 2.14 bits per heavy atom. The van der Waals surface area contributed by atoms with E-state index < -0.39 is 48.1 Å². The summed E-state index contributed by atoms with van der Waals surface area (Å²) in [5.41, 5.74) is 0.0373. The number of nitriles is 1. The highest BCUT2D eigenvalue weighted by molar-refractivity contribution is 6.02. The van der Waals surface area contributed by atoms with Gasteiger partial charge in [0.25, 0.3) is 5.91 Å². The molecule has 0 bridgehead atoms. The number of rotatable bonds is 6. The molecular weight excluding hydrogens is 472 g/mol. The summed E-state index contributed by atoms with van der Waals surface area (Å²) in [6.45, 7) is 0.542. The number of likely N-dealkylation sites (tertiary alicyclic amines) is 1. The molecule has 3 amide bonds. The Labute approximate surface area is 206 Å². The van der Waals surface area contributed by atoms with Gasteiger partial charge in [-0.15, -0.1) is 0 Å². The van der Waals surface area contributed by atoms with Crippen LogP contribution in [0.15, 0.2) is 24.3 Å². The Bertz CT molecular complexity index is 1260. The lowest BCUT2D eigenvalue weighted by atomic mass is 9.65. The molecule has 2 aliphatic heterocycles. The number of fused-ring (bicyclic) bond motifs is 1. The first-order valence-electron chi connectivity index (χ1n) is 12.0. The number of aromatic amines is 1. The molecule has 1 aliphatic carbocycles. The van der Waals surface area contributed by atoms with Crippen molar-refractivity contribution in [3.8, 4) is 11.8 Å². The van der Waals surface area contributed by atoms with E-state index in [9.17, 15) is 28.4 Å². The number of halogens is 2. The number of ether oxygens (including phenoxy) is 1. The molecule has 5 rings (SSSR count). The molecule has 9 nitrogen and oxygen atoms in total. The van der Waals surface area contributed by atoms with Crippen LogP contribution in [-0.2, 0) is 9.59 Å². The maximum atomic E-state index is 13.9. The van der Waals surface area contributed by atoms with Crippen molar-refractivity contribution in [1.82, 2.24) is 20.5 Å². The quantitative estimate of drug-likeness (QED) is 0.562. The van der Waals surface area contributed by atoms with Crippen LogP contribution in [0.25, 0.3) is 10.9 Å². The Morgan fingerprint density at radius 3 is 2.78 bits per heavy atom. The number of hydrogen-bond acceptors (Lipinski definition) is 5. The van der Waals surface area contributed by atoms with Crippen LogP contribution in [0.3, 0.4) is 0 Å². The van der Waals surface area contributed by atoms with E-state index in [4.69, 9.17) is 4.74 Å². The van der Waals surface area contributed by atoms with Crippen molar-refractivity contribution < 1.29 is 27.9 Å². The number of carbonyl (C=O) groups is 3. The third kappa shape index (κ3) is 4.25. The van der Waals surface area contributed by atoms with Gasteiger partial charge in [0.2, 0.25) is 17.7 Å². The summed E-state index contributed by atoms with van der Waals surface area (Å²) >= 11 is 0. The molecule has 0 radical (unpaired) electrons. The predicted octanol–water partition coefficient (Wildman–Crippen LogP) is 2.34. The van der Waals surface area contributed by atoms with Crippen LogP contribution in [0.1, 0.15) is 42.6 Å². The first-order valence-corrected chi connectivity index (χ1v) is 12.0. The number of hydrogen-bond donors (Lipinski definition) is 3. The molecule has 3 N–H and O–H groups in total. The van der Waals surface area contributed by atoms with Crippen molar-refractivity contribution in [2.24, 2.45) is 11.3 Å². The Kier molecular flexibility index (Phi) is 5.85. The number of methoxy groups -OCH3 is 1. The topological polar surface area (TPSA) is 127 Å². The minimum Gasteiger partial charge on any atom is -0.496 e. The summed E-state index contributed by atoms with van der Waals surface area (Å²) in [6, 6.07) is 7.03. The van der Waals surface area contributed by atoms with Gasteiger partial charge in [-0.2, -0.15) is 5.26 Å². The summed E-state index contributed by atoms with van der Waals surface area (Å²) in [5, 5.41) is 15.6. The molecule has 3 heterocycles. The molecule has 3 fully saturated rings. The van der Waals surface area contributed by atoms with Crippen LogP contribution >= 0.6 is 0 Å². The van der Waals surface area contributed by atoms with E-state index >= 15 is 0 Å². The van der Waals surface area contributed by atoms with Crippen LogP contribution in [-0.4, -0.2) is 65.8 Å². The van der Waals surface area contributed by atoms with Crippen molar-refractivity contribution >= 4 is 28.6 Å². The van der Waals surface area contributed by atoms with Crippen molar-refractivity contribution in [1.29, 1.82) is 5.26 Å². The van der Waals surface area contributed by atoms with Crippen LogP contribution in [0.4, 0.5) is 8.78 Å². The zero-order valence-electron chi connectivity index (χ0n) is 19.8. The molecule has 2 saturated heterocycles. The van der Waals surface area contributed by atoms with Crippen LogP contribution in [0.5, 0.6) is 5.75 Å². The van der Waals surface area contributed by atoms with Crippen molar-refractivity contribution in [3.05, 3.63) is 30.0 Å². The fraction of sp³-hybridized carbons (Fsp3) is 0.520. The monoisotopic (exact) mass is 499 g/mol. The Morgan fingerprint density at radius 1 is 1.36 bits per heavy atom. The fourth-order valence-corrected chi connectivity index (χ4v) is 5.95. The maximum absolute atomic E-state index is 13.9. The highest BCUT2D eigenvalue weighted by atomic mass is 19.3. The van der Waals surface area contributed by atoms with Gasteiger partial charge in [0, 0.05) is 48.2 Å². The summed E-state index contributed by atoms with van der Waals surface area (Å²) in [7, 11) is 1.52. The minimum absolute atomic E-state index is 0.0221. The molecule has 1 aromatic carbocycles. The highest BCUT2D eigenvalue weighted by Gasteiger charge is 2.62. The highest BCUT2D eigenvalue weighted by Crippen LogP contribution is 2.58. The van der Waals surface area contributed by atoms with E-state index in [2.05, 4.69) is 15.6 Å².